The molecular formula is C17H27IN4O4. The first-order chi connectivity index (χ1) is 11.7. The summed E-state index contributed by atoms with van der Waals surface area (Å²) in [5.41, 5.74) is -0.145. The Bertz CT molecular complexity index is 668. The van der Waals surface area contributed by atoms with Crippen molar-refractivity contribution < 1.29 is 19.4 Å². The second-order valence-corrected chi connectivity index (χ2v) is 9.10. The second-order valence-electron chi connectivity index (χ2n) is 7.99. The van der Waals surface area contributed by atoms with Crippen LogP contribution in [0.3, 0.4) is 0 Å². The molecule has 1 aromatic rings. The van der Waals surface area contributed by atoms with Gasteiger partial charge in [-0.15, -0.1) is 10.2 Å². The molecule has 146 valence electrons. The number of nitrogens with zero attached hydrogens (tertiary/aromatic N) is 4. The summed E-state index contributed by atoms with van der Waals surface area (Å²) in [6, 6.07) is 1.83. The molecule has 0 aliphatic heterocycles. The van der Waals surface area contributed by atoms with Crippen molar-refractivity contribution >= 4 is 40.6 Å². The van der Waals surface area contributed by atoms with Crippen molar-refractivity contribution in [2.75, 3.05) is 25.0 Å². The number of amides is 2. The Kier molecular flexibility index (Phi) is 7.20. The number of carbonyl (C=O) groups is 2. The molecule has 0 spiro atoms. The third-order valence-corrected chi connectivity index (χ3v) is 3.93. The summed E-state index contributed by atoms with van der Waals surface area (Å²) in [6.45, 7) is 11.5. The summed E-state index contributed by atoms with van der Waals surface area (Å²) in [6.07, 6.45) is -1.66. The van der Waals surface area contributed by atoms with E-state index in [4.69, 9.17) is 4.74 Å². The summed E-state index contributed by atoms with van der Waals surface area (Å²) in [4.78, 5) is 26.3. The fraction of sp³-hybridized carbons (Fsp3) is 0.647. The highest BCUT2D eigenvalue weighted by Gasteiger charge is 2.28. The van der Waals surface area contributed by atoms with Crippen LogP contribution in [0.25, 0.3) is 0 Å². The molecule has 1 aromatic heterocycles. The van der Waals surface area contributed by atoms with E-state index >= 15 is 0 Å². The van der Waals surface area contributed by atoms with E-state index in [0.29, 0.717) is 3.70 Å². The zero-order chi connectivity index (χ0) is 20.3. The summed E-state index contributed by atoms with van der Waals surface area (Å²) in [5, 5.41) is 17.7. The molecule has 2 amide bonds. The smallest absolute Gasteiger partial charge is 0.413 e. The van der Waals surface area contributed by atoms with Crippen LogP contribution in [0.15, 0.2) is 6.07 Å². The molecule has 0 aliphatic carbocycles. The van der Waals surface area contributed by atoms with Crippen LogP contribution in [0.2, 0.25) is 0 Å². The molecule has 0 saturated heterocycles. The Hall–Kier alpha value is -1.65. The zero-order valence-corrected chi connectivity index (χ0v) is 18.5. The molecule has 1 N–H and O–H groups in total. The van der Waals surface area contributed by atoms with Gasteiger partial charge < -0.3 is 14.7 Å². The number of halogens is 1. The number of hydrogen-bond donors (Lipinski definition) is 1. The van der Waals surface area contributed by atoms with E-state index in [0.717, 1.165) is 10.5 Å². The minimum Gasteiger partial charge on any atom is -0.465 e. The van der Waals surface area contributed by atoms with Gasteiger partial charge in [-0.3, -0.25) is 4.90 Å². The van der Waals surface area contributed by atoms with Gasteiger partial charge in [0.2, 0.25) is 0 Å². The lowest BCUT2D eigenvalue weighted by atomic mass is 9.87. The van der Waals surface area contributed by atoms with E-state index < -0.39 is 17.8 Å². The number of likely N-dealkylation sites (N-methyl/N-ethyl adjacent to an activating group) is 1. The third-order valence-electron chi connectivity index (χ3n) is 3.40. The van der Waals surface area contributed by atoms with Crippen molar-refractivity contribution in [3.8, 4) is 0 Å². The van der Waals surface area contributed by atoms with Gasteiger partial charge in [0.05, 0.1) is 0 Å². The Morgan fingerprint density at radius 2 is 1.73 bits per heavy atom. The van der Waals surface area contributed by atoms with E-state index in [1.54, 1.807) is 27.8 Å². The molecule has 0 radical (unpaired) electrons. The number of carboxylic acid groups (broad SMARTS) is 1. The minimum atomic E-state index is -1.15. The van der Waals surface area contributed by atoms with Crippen LogP contribution in [0.1, 0.15) is 47.1 Å². The lowest BCUT2D eigenvalue weighted by Crippen LogP contribution is -2.42. The first-order valence-corrected chi connectivity index (χ1v) is 9.28. The van der Waals surface area contributed by atoms with Gasteiger partial charge in [-0.1, -0.05) is 20.8 Å². The summed E-state index contributed by atoms with van der Waals surface area (Å²) >= 11 is 2.05. The summed E-state index contributed by atoms with van der Waals surface area (Å²) in [5.74, 6) is 0.281. The molecule has 8 nitrogen and oxygen atoms in total. The van der Waals surface area contributed by atoms with E-state index in [-0.39, 0.29) is 24.3 Å². The van der Waals surface area contributed by atoms with Crippen molar-refractivity contribution in [2.24, 2.45) is 0 Å². The van der Waals surface area contributed by atoms with Crippen molar-refractivity contribution in [3.63, 3.8) is 0 Å². The molecule has 0 fully saturated rings. The van der Waals surface area contributed by atoms with Crippen LogP contribution in [0, 0.1) is 3.70 Å². The van der Waals surface area contributed by atoms with Crippen molar-refractivity contribution in [2.45, 2.75) is 52.6 Å². The highest BCUT2D eigenvalue weighted by atomic mass is 127. The Labute approximate surface area is 168 Å². The van der Waals surface area contributed by atoms with Crippen molar-refractivity contribution in [3.05, 3.63) is 15.3 Å². The molecule has 0 saturated carbocycles. The number of ether oxygens (including phenoxy) is 1. The Morgan fingerprint density at radius 1 is 1.15 bits per heavy atom. The largest absolute Gasteiger partial charge is 0.465 e. The normalized spacial score (nSPS) is 11.8. The highest BCUT2D eigenvalue weighted by Crippen LogP contribution is 2.30. The van der Waals surface area contributed by atoms with Gasteiger partial charge in [-0.2, -0.15) is 0 Å². The number of rotatable bonds is 4. The fourth-order valence-electron chi connectivity index (χ4n) is 2.09. The first kappa shape index (κ1) is 22.4. The van der Waals surface area contributed by atoms with Gasteiger partial charge in [0, 0.05) is 25.7 Å². The van der Waals surface area contributed by atoms with Gasteiger partial charge in [0.1, 0.15) is 9.30 Å². The first-order valence-electron chi connectivity index (χ1n) is 8.20. The molecule has 9 heteroatoms. The molecular weight excluding hydrogens is 451 g/mol. The maximum Gasteiger partial charge on any atom is 0.413 e. The Morgan fingerprint density at radius 3 is 2.19 bits per heavy atom. The number of anilines is 1. The molecule has 0 aliphatic rings. The van der Waals surface area contributed by atoms with Crippen LogP contribution in [0.5, 0.6) is 0 Å². The molecule has 0 atom stereocenters. The third kappa shape index (κ3) is 6.58. The summed E-state index contributed by atoms with van der Waals surface area (Å²) < 4.78 is 5.97. The average Bonchev–Trinajstić information content (AvgIpc) is 2.45. The van der Waals surface area contributed by atoms with Crippen LogP contribution in [-0.2, 0) is 10.2 Å². The minimum absolute atomic E-state index is 0.0590. The predicted octanol–water partition coefficient (Wildman–Crippen LogP) is 3.73. The second kappa shape index (κ2) is 8.36. The van der Waals surface area contributed by atoms with E-state index in [9.17, 15) is 14.7 Å². The predicted molar refractivity (Wildman–Crippen MR) is 108 cm³/mol. The van der Waals surface area contributed by atoms with E-state index in [1.165, 1.54) is 4.90 Å². The van der Waals surface area contributed by atoms with Crippen molar-refractivity contribution in [1.82, 2.24) is 15.1 Å². The zero-order valence-electron chi connectivity index (χ0n) is 16.3. The highest BCUT2D eigenvalue weighted by molar-refractivity contribution is 14.1. The van der Waals surface area contributed by atoms with Gasteiger partial charge in [-0.05, 0) is 54.8 Å². The fourth-order valence-corrected chi connectivity index (χ4v) is 2.51. The van der Waals surface area contributed by atoms with Gasteiger partial charge in [-0.25, -0.2) is 9.59 Å². The lowest BCUT2D eigenvalue weighted by Gasteiger charge is -2.29. The molecule has 26 heavy (non-hydrogen) atoms. The molecule has 0 aromatic carbocycles. The van der Waals surface area contributed by atoms with E-state index in [1.807, 2.05) is 49.4 Å². The SMILES string of the molecule is CN(CCN(C(=O)O)c1nnc(I)cc1C(C)(C)C)C(=O)OC(C)(C)C. The number of aromatic nitrogens is 2. The lowest BCUT2D eigenvalue weighted by molar-refractivity contribution is 0.0302. The van der Waals surface area contributed by atoms with Gasteiger partial charge in [0.25, 0.3) is 0 Å². The Balaban J connectivity index is 3.02. The molecule has 0 unspecified atom stereocenters. The summed E-state index contributed by atoms with van der Waals surface area (Å²) in [7, 11) is 1.57. The van der Waals surface area contributed by atoms with Crippen LogP contribution < -0.4 is 4.90 Å². The standard InChI is InChI=1S/C17H27IN4O4/c1-16(2,3)11-10-12(18)19-20-13(11)22(14(23)24)9-8-21(7)15(25)26-17(4,5)6/h10H,8-9H2,1-7H3,(H,23,24). The van der Waals surface area contributed by atoms with Gasteiger partial charge in [0.15, 0.2) is 5.82 Å². The van der Waals surface area contributed by atoms with Crippen LogP contribution in [0.4, 0.5) is 15.4 Å². The maximum atomic E-state index is 12.1. The number of hydrogen-bond acceptors (Lipinski definition) is 5. The average molecular weight is 478 g/mol. The number of carbonyl (C=O) groups excluding carboxylic acids is 1. The monoisotopic (exact) mass is 478 g/mol. The van der Waals surface area contributed by atoms with Gasteiger partial charge >= 0.3 is 12.2 Å². The molecule has 1 rings (SSSR count). The van der Waals surface area contributed by atoms with Crippen molar-refractivity contribution in [1.29, 1.82) is 0 Å². The van der Waals surface area contributed by atoms with Crippen LogP contribution >= 0.6 is 22.6 Å². The molecule has 1 heterocycles. The topological polar surface area (TPSA) is 95.9 Å². The maximum absolute atomic E-state index is 12.1. The quantitative estimate of drug-likeness (QED) is 0.663. The molecule has 0 bridgehead atoms. The van der Waals surface area contributed by atoms with Crippen LogP contribution in [-0.4, -0.2) is 58.1 Å². The van der Waals surface area contributed by atoms with E-state index in [2.05, 4.69) is 10.2 Å².